The summed E-state index contributed by atoms with van der Waals surface area (Å²) in [5, 5.41) is 2.94. The van der Waals surface area contributed by atoms with E-state index in [0.29, 0.717) is 5.69 Å². The number of hydrogen-bond acceptors (Lipinski definition) is 4. The number of aryl methyl sites for hydroxylation is 1. The first-order valence-corrected chi connectivity index (χ1v) is 9.22. The van der Waals surface area contributed by atoms with Crippen molar-refractivity contribution >= 4 is 33.2 Å². The van der Waals surface area contributed by atoms with E-state index in [1.54, 1.807) is 12.1 Å². The third-order valence-corrected chi connectivity index (χ3v) is 5.54. The van der Waals surface area contributed by atoms with Gasteiger partial charge in [-0.1, -0.05) is 23.7 Å². The molecule has 134 valence electrons. The molecule has 0 saturated carbocycles. The van der Waals surface area contributed by atoms with E-state index in [1.807, 2.05) is 19.1 Å². The van der Waals surface area contributed by atoms with E-state index in [-0.39, 0.29) is 22.2 Å². The van der Waals surface area contributed by atoms with Gasteiger partial charge in [0.25, 0.3) is 0 Å². The van der Waals surface area contributed by atoms with Gasteiger partial charge in [0, 0.05) is 17.8 Å². The lowest BCUT2D eigenvalue weighted by atomic mass is 10.2. The summed E-state index contributed by atoms with van der Waals surface area (Å²) in [5.74, 6) is -0.284. The van der Waals surface area contributed by atoms with Crippen LogP contribution in [0.4, 0.5) is 5.69 Å². The Bertz CT molecular complexity index is 884. The summed E-state index contributed by atoms with van der Waals surface area (Å²) in [7, 11) is -1.24. The third-order valence-electron chi connectivity index (χ3n) is 3.48. The maximum atomic E-state index is 12.7. The number of rotatable bonds is 6. The summed E-state index contributed by atoms with van der Waals surface area (Å²) in [4.78, 5) is 12.1. The van der Waals surface area contributed by atoms with Crippen LogP contribution < -0.4 is 10.1 Å². The van der Waals surface area contributed by atoms with Gasteiger partial charge in [0.1, 0.15) is 10.6 Å². The summed E-state index contributed by atoms with van der Waals surface area (Å²) in [6, 6.07) is 11.5. The normalized spacial score (nSPS) is 11.4. The van der Waals surface area contributed by atoms with Crippen LogP contribution in [0, 0.1) is 6.92 Å². The van der Waals surface area contributed by atoms with Crippen LogP contribution in [0.25, 0.3) is 0 Å². The predicted molar refractivity (Wildman–Crippen MR) is 97.6 cm³/mol. The first-order valence-electron chi connectivity index (χ1n) is 7.40. The zero-order valence-electron chi connectivity index (χ0n) is 14.1. The molecule has 1 N–H and O–H groups in total. The fourth-order valence-electron chi connectivity index (χ4n) is 2.23. The van der Waals surface area contributed by atoms with Crippen LogP contribution in [0.15, 0.2) is 47.4 Å². The smallest absolute Gasteiger partial charge is 0.247 e. The van der Waals surface area contributed by atoms with E-state index >= 15 is 0 Å². The number of anilines is 1. The Morgan fingerprint density at radius 1 is 1.24 bits per heavy atom. The van der Waals surface area contributed by atoms with Crippen molar-refractivity contribution in [3.8, 4) is 5.75 Å². The Balaban J connectivity index is 2.17. The van der Waals surface area contributed by atoms with Crippen LogP contribution in [-0.4, -0.2) is 39.3 Å². The van der Waals surface area contributed by atoms with Gasteiger partial charge in [0.05, 0.1) is 13.7 Å². The van der Waals surface area contributed by atoms with Gasteiger partial charge in [0.15, 0.2) is 0 Å². The number of benzene rings is 2. The summed E-state index contributed by atoms with van der Waals surface area (Å²) in [6.45, 7) is 1.56. The van der Waals surface area contributed by atoms with Gasteiger partial charge in [-0.3, -0.25) is 4.79 Å². The highest BCUT2D eigenvalue weighted by Crippen LogP contribution is 2.29. The molecule has 6 nitrogen and oxygen atoms in total. The van der Waals surface area contributed by atoms with Crippen molar-refractivity contribution in [1.29, 1.82) is 0 Å². The number of methoxy groups -OCH3 is 1. The quantitative estimate of drug-likeness (QED) is 0.833. The fourth-order valence-corrected chi connectivity index (χ4v) is 3.77. The lowest BCUT2D eigenvalue weighted by Gasteiger charge is -2.18. The number of halogens is 1. The van der Waals surface area contributed by atoms with Crippen molar-refractivity contribution in [3.05, 3.63) is 53.1 Å². The van der Waals surface area contributed by atoms with E-state index in [9.17, 15) is 13.2 Å². The maximum absolute atomic E-state index is 12.7. The number of carbonyl (C=O) groups excluding carboxylic acids is 1. The molecule has 0 radical (unpaired) electrons. The highest BCUT2D eigenvalue weighted by Gasteiger charge is 2.26. The van der Waals surface area contributed by atoms with Crippen molar-refractivity contribution in [2.75, 3.05) is 26.0 Å². The Morgan fingerprint density at radius 3 is 2.60 bits per heavy atom. The SMILES string of the molecule is COc1ccc(Cl)cc1S(=O)(=O)N(C)CC(=O)Nc1cccc(C)c1. The Hall–Kier alpha value is -2.09. The summed E-state index contributed by atoms with van der Waals surface area (Å²) in [5.41, 5.74) is 1.60. The molecule has 0 saturated heterocycles. The first-order chi connectivity index (χ1) is 11.7. The molecule has 0 unspecified atom stereocenters. The van der Waals surface area contributed by atoms with Crippen molar-refractivity contribution in [2.45, 2.75) is 11.8 Å². The number of carbonyl (C=O) groups is 1. The molecular formula is C17H19ClN2O4S. The van der Waals surface area contributed by atoms with Gasteiger partial charge in [-0.2, -0.15) is 4.31 Å². The number of nitrogens with zero attached hydrogens (tertiary/aromatic N) is 1. The van der Waals surface area contributed by atoms with Gasteiger partial charge in [-0.05, 0) is 42.8 Å². The molecule has 0 fully saturated rings. The Labute approximate surface area is 152 Å². The van der Waals surface area contributed by atoms with Gasteiger partial charge in [0.2, 0.25) is 15.9 Å². The number of ether oxygens (including phenoxy) is 1. The van der Waals surface area contributed by atoms with E-state index in [4.69, 9.17) is 16.3 Å². The van der Waals surface area contributed by atoms with Crippen molar-refractivity contribution in [3.63, 3.8) is 0 Å². The molecule has 0 aromatic heterocycles. The largest absolute Gasteiger partial charge is 0.495 e. The van der Waals surface area contributed by atoms with Gasteiger partial charge >= 0.3 is 0 Å². The molecular weight excluding hydrogens is 364 g/mol. The van der Waals surface area contributed by atoms with Crippen LogP contribution >= 0.6 is 11.6 Å². The first kappa shape index (κ1) is 19.2. The molecule has 2 aromatic carbocycles. The summed E-state index contributed by atoms with van der Waals surface area (Å²) >= 11 is 5.89. The third kappa shape index (κ3) is 4.72. The minimum absolute atomic E-state index is 0.0895. The average Bonchev–Trinajstić information content (AvgIpc) is 2.54. The minimum atomic E-state index is -3.94. The summed E-state index contributed by atoms with van der Waals surface area (Å²) in [6.07, 6.45) is 0. The molecule has 8 heteroatoms. The highest BCUT2D eigenvalue weighted by atomic mass is 35.5. The average molecular weight is 383 g/mol. The molecule has 25 heavy (non-hydrogen) atoms. The molecule has 0 spiro atoms. The molecule has 1 amide bonds. The molecule has 0 atom stereocenters. The van der Waals surface area contributed by atoms with Gasteiger partial charge < -0.3 is 10.1 Å². The van der Waals surface area contributed by atoms with Crippen LogP contribution in [0.1, 0.15) is 5.56 Å². The number of amides is 1. The summed E-state index contributed by atoms with van der Waals surface area (Å²) < 4.78 is 31.5. The highest BCUT2D eigenvalue weighted by molar-refractivity contribution is 7.89. The Morgan fingerprint density at radius 2 is 1.96 bits per heavy atom. The number of nitrogens with one attached hydrogen (secondary N) is 1. The monoisotopic (exact) mass is 382 g/mol. The molecule has 2 aromatic rings. The van der Waals surface area contributed by atoms with Gasteiger partial charge in [-0.15, -0.1) is 0 Å². The standard InChI is InChI=1S/C17H19ClN2O4S/c1-12-5-4-6-14(9-12)19-17(21)11-20(2)25(22,23)16-10-13(18)7-8-15(16)24-3/h4-10H,11H2,1-3H3,(H,19,21). The lowest BCUT2D eigenvalue weighted by Crippen LogP contribution is -2.35. The van der Waals surface area contributed by atoms with Crippen molar-refractivity contribution < 1.29 is 17.9 Å². The number of sulfonamides is 1. The van der Waals surface area contributed by atoms with Crippen LogP contribution in [0.3, 0.4) is 0 Å². The van der Waals surface area contributed by atoms with E-state index < -0.39 is 15.9 Å². The maximum Gasteiger partial charge on any atom is 0.247 e. The Kier molecular flexibility index (Phi) is 6.05. The lowest BCUT2D eigenvalue weighted by molar-refractivity contribution is -0.116. The van der Waals surface area contributed by atoms with Crippen molar-refractivity contribution in [2.24, 2.45) is 0 Å². The second kappa shape index (κ2) is 7.86. The molecule has 0 aliphatic carbocycles. The number of likely N-dealkylation sites (N-methyl/N-ethyl adjacent to an activating group) is 1. The molecule has 0 aliphatic rings. The second-order valence-electron chi connectivity index (χ2n) is 5.47. The fraction of sp³-hybridized carbons (Fsp3) is 0.235. The van der Waals surface area contributed by atoms with Crippen LogP contribution in [-0.2, 0) is 14.8 Å². The van der Waals surface area contributed by atoms with Crippen LogP contribution in [0.5, 0.6) is 5.75 Å². The molecule has 0 heterocycles. The van der Waals surface area contributed by atoms with E-state index in [1.165, 1.54) is 32.4 Å². The van der Waals surface area contributed by atoms with E-state index in [0.717, 1.165) is 9.87 Å². The van der Waals surface area contributed by atoms with Crippen molar-refractivity contribution in [1.82, 2.24) is 4.31 Å². The minimum Gasteiger partial charge on any atom is -0.495 e. The zero-order valence-corrected chi connectivity index (χ0v) is 15.7. The second-order valence-corrected chi connectivity index (χ2v) is 7.92. The molecule has 0 aliphatic heterocycles. The van der Waals surface area contributed by atoms with E-state index in [2.05, 4.69) is 5.32 Å². The van der Waals surface area contributed by atoms with Crippen LogP contribution in [0.2, 0.25) is 5.02 Å². The zero-order chi connectivity index (χ0) is 18.6. The predicted octanol–water partition coefficient (Wildman–Crippen LogP) is 2.92. The van der Waals surface area contributed by atoms with Gasteiger partial charge in [-0.25, -0.2) is 8.42 Å². The molecule has 2 rings (SSSR count). The number of hydrogen-bond donors (Lipinski definition) is 1. The topological polar surface area (TPSA) is 75.7 Å². The molecule has 0 bridgehead atoms.